The molecule has 2 amide bonds. The van der Waals surface area contributed by atoms with Crippen LogP contribution in [0.2, 0.25) is 0 Å². The van der Waals surface area contributed by atoms with Crippen LogP contribution in [-0.4, -0.2) is 47.1 Å². The minimum Gasteiger partial charge on any atom is -0.444 e. The normalized spacial score (nSPS) is 17.3. The summed E-state index contributed by atoms with van der Waals surface area (Å²) < 4.78 is 6.22. The Labute approximate surface area is 180 Å². The van der Waals surface area contributed by atoms with Crippen LogP contribution in [-0.2, 0) is 4.74 Å². The highest BCUT2D eigenvalue weighted by atomic mass is 79.9. The minimum absolute atomic E-state index is 0.0144. The fourth-order valence-electron chi connectivity index (χ4n) is 3.64. The Balaban J connectivity index is 1.71. The van der Waals surface area contributed by atoms with Gasteiger partial charge in [-0.05, 0) is 70.7 Å². The molecule has 1 atom stereocenters. The van der Waals surface area contributed by atoms with E-state index in [1.807, 2.05) is 56.9 Å². The first kappa shape index (κ1) is 21.6. The molecule has 3 rings (SSSR count). The summed E-state index contributed by atoms with van der Waals surface area (Å²) in [5.41, 5.74) is 1.79. The van der Waals surface area contributed by atoms with Crippen LogP contribution < -0.4 is 5.32 Å². The molecule has 29 heavy (non-hydrogen) atoms. The van der Waals surface area contributed by atoms with Crippen molar-refractivity contribution in [1.82, 2.24) is 15.2 Å². The average molecular weight is 462 g/mol. The van der Waals surface area contributed by atoms with E-state index < -0.39 is 11.7 Å². The van der Waals surface area contributed by atoms with Crippen molar-refractivity contribution in [3.8, 4) is 0 Å². The molecule has 1 N–H and O–H groups in total. The number of amides is 2. The van der Waals surface area contributed by atoms with Gasteiger partial charge in [-0.15, -0.1) is 0 Å². The van der Waals surface area contributed by atoms with Crippen LogP contribution in [0.25, 0.3) is 10.9 Å². The number of ether oxygens (including phenoxy) is 1. The van der Waals surface area contributed by atoms with Gasteiger partial charge in [0.15, 0.2) is 0 Å². The molecular weight excluding hydrogens is 434 g/mol. The van der Waals surface area contributed by atoms with Crippen LogP contribution in [0.1, 0.15) is 49.7 Å². The van der Waals surface area contributed by atoms with Gasteiger partial charge < -0.3 is 15.0 Å². The number of hydrogen-bond donors (Lipinski definition) is 1. The summed E-state index contributed by atoms with van der Waals surface area (Å²) in [7, 11) is 0. The van der Waals surface area contributed by atoms with E-state index in [0.717, 1.165) is 40.5 Å². The number of nitrogens with one attached hydrogen (secondary N) is 1. The number of pyridine rings is 1. The van der Waals surface area contributed by atoms with Crippen molar-refractivity contribution in [2.45, 2.75) is 46.1 Å². The van der Waals surface area contributed by atoms with Crippen LogP contribution in [0.15, 0.2) is 28.7 Å². The van der Waals surface area contributed by atoms with E-state index in [2.05, 4.69) is 26.2 Å². The zero-order chi connectivity index (χ0) is 21.2. The van der Waals surface area contributed by atoms with E-state index in [4.69, 9.17) is 4.74 Å². The maximum absolute atomic E-state index is 13.3. The summed E-state index contributed by atoms with van der Waals surface area (Å²) in [6.07, 6.45) is 1.47. The highest BCUT2D eigenvalue weighted by molar-refractivity contribution is 9.10. The first-order valence-electron chi connectivity index (χ1n) is 9.95. The third kappa shape index (κ3) is 5.69. The fourth-order valence-corrected chi connectivity index (χ4v) is 4.00. The average Bonchev–Trinajstić information content (AvgIpc) is 2.64. The maximum atomic E-state index is 13.3. The Morgan fingerprint density at radius 2 is 2.07 bits per heavy atom. The molecule has 0 bridgehead atoms. The zero-order valence-electron chi connectivity index (χ0n) is 17.4. The number of aryl methyl sites for hydroxylation is 1. The second-order valence-corrected chi connectivity index (χ2v) is 9.53. The van der Waals surface area contributed by atoms with E-state index in [1.54, 1.807) is 0 Å². The van der Waals surface area contributed by atoms with Crippen molar-refractivity contribution >= 4 is 38.8 Å². The highest BCUT2D eigenvalue weighted by Gasteiger charge is 2.27. The van der Waals surface area contributed by atoms with Crippen LogP contribution in [0.3, 0.4) is 0 Å². The number of carbonyl (C=O) groups is 2. The molecule has 156 valence electrons. The molecule has 1 saturated heterocycles. The molecule has 1 aliphatic rings. The summed E-state index contributed by atoms with van der Waals surface area (Å²) in [4.78, 5) is 31.7. The van der Waals surface area contributed by atoms with E-state index in [9.17, 15) is 9.59 Å². The van der Waals surface area contributed by atoms with Gasteiger partial charge in [0.25, 0.3) is 5.91 Å². The number of likely N-dealkylation sites (tertiary alicyclic amines) is 1. The van der Waals surface area contributed by atoms with Gasteiger partial charge in [-0.25, -0.2) is 4.79 Å². The van der Waals surface area contributed by atoms with E-state index in [-0.39, 0.29) is 11.8 Å². The number of aromatic nitrogens is 1. The molecule has 6 nitrogen and oxygen atoms in total. The molecule has 2 heterocycles. The smallest absolute Gasteiger partial charge is 0.407 e. The van der Waals surface area contributed by atoms with Crippen molar-refractivity contribution in [2.75, 3.05) is 19.6 Å². The van der Waals surface area contributed by atoms with Crippen LogP contribution in [0.4, 0.5) is 4.79 Å². The number of piperidine rings is 1. The van der Waals surface area contributed by atoms with Gasteiger partial charge in [0, 0.05) is 35.2 Å². The monoisotopic (exact) mass is 461 g/mol. The summed E-state index contributed by atoms with van der Waals surface area (Å²) in [6, 6.07) is 7.66. The number of benzene rings is 1. The molecule has 1 aromatic heterocycles. The predicted molar refractivity (Wildman–Crippen MR) is 117 cm³/mol. The molecular formula is C22H28BrN3O3. The van der Waals surface area contributed by atoms with Gasteiger partial charge in [0.1, 0.15) is 5.60 Å². The Kier molecular flexibility index (Phi) is 6.46. The lowest BCUT2D eigenvalue weighted by Gasteiger charge is -2.33. The second kappa shape index (κ2) is 8.69. The first-order chi connectivity index (χ1) is 13.6. The molecule has 1 unspecified atom stereocenters. The maximum Gasteiger partial charge on any atom is 0.407 e. The molecule has 0 saturated carbocycles. The SMILES string of the molecule is Cc1cc(C(=O)N2CCCC(CNC(=O)OC(C)(C)C)C2)c2cc(Br)ccc2n1. The van der Waals surface area contributed by atoms with Crippen LogP contribution in [0.5, 0.6) is 0 Å². The molecule has 7 heteroatoms. The Bertz CT molecular complexity index is 923. The fraction of sp³-hybridized carbons (Fsp3) is 0.500. The van der Waals surface area contributed by atoms with Gasteiger partial charge in [0.05, 0.1) is 11.1 Å². The van der Waals surface area contributed by atoms with E-state index >= 15 is 0 Å². The van der Waals surface area contributed by atoms with E-state index in [0.29, 0.717) is 18.7 Å². The Hall–Kier alpha value is -2.15. The number of alkyl carbamates (subject to hydrolysis) is 1. The van der Waals surface area contributed by atoms with Crippen molar-refractivity contribution in [3.63, 3.8) is 0 Å². The third-order valence-electron chi connectivity index (χ3n) is 4.87. The molecule has 0 radical (unpaired) electrons. The summed E-state index contributed by atoms with van der Waals surface area (Å²) in [5.74, 6) is 0.224. The van der Waals surface area contributed by atoms with Gasteiger partial charge >= 0.3 is 6.09 Å². The number of fused-ring (bicyclic) bond motifs is 1. The lowest BCUT2D eigenvalue weighted by molar-refractivity contribution is 0.0503. The summed E-state index contributed by atoms with van der Waals surface area (Å²) >= 11 is 3.49. The lowest BCUT2D eigenvalue weighted by Crippen LogP contribution is -2.44. The van der Waals surface area contributed by atoms with Crippen LogP contribution in [0, 0.1) is 12.8 Å². The number of carbonyl (C=O) groups excluding carboxylic acids is 2. The molecule has 1 aromatic carbocycles. The largest absolute Gasteiger partial charge is 0.444 e. The number of hydrogen-bond acceptors (Lipinski definition) is 4. The van der Waals surface area contributed by atoms with Crippen LogP contribution >= 0.6 is 15.9 Å². The van der Waals surface area contributed by atoms with Gasteiger partial charge in [-0.3, -0.25) is 9.78 Å². The molecule has 2 aromatic rings. The lowest BCUT2D eigenvalue weighted by atomic mass is 9.96. The van der Waals surface area contributed by atoms with Gasteiger partial charge in [-0.1, -0.05) is 15.9 Å². The topological polar surface area (TPSA) is 71.5 Å². The second-order valence-electron chi connectivity index (χ2n) is 8.61. The summed E-state index contributed by atoms with van der Waals surface area (Å²) in [6.45, 7) is 9.26. The quantitative estimate of drug-likeness (QED) is 0.719. The highest BCUT2D eigenvalue weighted by Crippen LogP contribution is 2.26. The summed E-state index contributed by atoms with van der Waals surface area (Å²) in [5, 5.41) is 3.69. The van der Waals surface area contributed by atoms with Gasteiger partial charge in [0.2, 0.25) is 0 Å². The first-order valence-corrected chi connectivity index (χ1v) is 10.7. The number of halogens is 1. The predicted octanol–water partition coefficient (Wildman–Crippen LogP) is 4.68. The minimum atomic E-state index is -0.521. The third-order valence-corrected chi connectivity index (χ3v) is 5.36. The molecule has 1 fully saturated rings. The Morgan fingerprint density at radius 3 is 2.79 bits per heavy atom. The van der Waals surface area contributed by atoms with Crippen molar-refractivity contribution in [1.29, 1.82) is 0 Å². The number of rotatable bonds is 3. The molecule has 0 aliphatic carbocycles. The van der Waals surface area contributed by atoms with Crippen molar-refractivity contribution < 1.29 is 14.3 Å². The number of nitrogens with zero attached hydrogens (tertiary/aromatic N) is 2. The zero-order valence-corrected chi connectivity index (χ0v) is 19.0. The molecule has 0 spiro atoms. The van der Waals surface area contributed by atoms with Crippen molar-refractivity contribution in [2.24, 2.45) is 5.92 Å². The van der Waals surface area contributed by atoms with Gasteiger partial charge in [-0.2, -0.15) is 0 Å². The Morgan fingerprint density at radius 1 is 1.31 bits per heavy atom. The van der Waals surface area contributed by atoms with E-state index in [1.165, 1.54) is 0 Å². The standard InChI is InChI=1S/C22H28BrN3O3/c1-14-10-18(17-11-16(23)7-8-19(17)25-14)20(27)26-9-5-6-15(13-26)12-24-21(28)29-22(2,3)4/h7-8,10-11,15H,5-6,9,12-13H2,1-4H3,(H,24,28). The van der Waals surface area contributed by atoms with Crippen molar-refractivity contribution in [3.05, 3.63) is 40.0 Å². The molecule has 1 aliphatic heterocycles.